The van der Waals surface area contributed by atoms with Gasteiger partial charge < -0.3 is 15.2 Å². The van der Waals surface area contributed by atoms with E-state index in [0.29, 0.717) is 24.2 Å². The second-order valence-electron chi connectivity index (χ2n) is 5.34. The Morgan fingerprint density at radius 2 is 2.10 bits per heavy atom. The van der Waals surface area contributed by atoms with E-state index < -0.39 is 11.4 Å². The van der Waals surface area contributed by atoms with Crippen LogP contribution in [0.1, 0.15) is 36.5 Å². The molecule has 1 aliphatic carbocycles. The Bertz CT molecular complexity index is 528. The van der Waals surface area contributed by atoms with Crippen molar-refractivity contribution < 1.29 is 19.4 Å². The highest BCUT2D eigenvalue weighted by Gasteiger charge is 2.46. The Morgan fingerprint density at radius 3 is 2.75 bits per heavy atom. The summed E-state index contributed by atoms with van der Waals surface area (Å²) in [5, 5.41) is 12.2. The van der Waals surface area contributed by atoms with Crippen molar-refractivity contribution in [3.63, 3.8) is 0 Å². The van der Waals surface area contributed by atoms with E-state index in [4.69, 9.17) is 4.74 Å². The van der Waals surface area contributed by atoms with Gasteiger partial charge in [0.25, 0.3) is 5.91 Å². The minimum atomic E-state index is -0.891. The lowest BCUT2D eigenvalue weighted by atomic mass is 9.85. The SMILES string of the molecule is COc1ccccc1C(=O)NC1CCCC1(C)C(=O)O. The molecule has 2 rings (SSSR count). The third-order valence-electron chi connectivity index (χ3n) is 4.10. The number of nitrogens with one attached hydrogen (secondary N) is 1. The van der Waals surface area contributed by atoms with Crippen molar-refractivity contribution in [3.05, 3.63) is 29.8 Å². The molecule has 2 atom stereocenters. The molecule has 0 radical (unpaired) electrons. The number of benzene rings is 1. The number of rotatable bonds is 4. The molecule has 20 heavy (non-hydrogen) atoms. The zero-order valence-corrected chi connectivity index (χ0v) is 11.7. The summed E-state index contributed by atoms with van der Waals surface area (Å²) in [5.41, 5.74) is -0.466. The van der Waals surface area contributed by atoms with E-state index in [0.717, 1.165) is 6.42 Å². The number of hydrogen-bond acceptors (Lipinski definition) is 3. The number of hydrogen-bond donors (Lipinski definition) is 2. The fourth-order valence-corrected chi connectivity index (χ4v) is 2.72. The van der Waals surface area contributed by atoms with Gasteiger partial charge in [-0.1, -0.05) is 18.6 Å². The van der Waals surface area contributed by atoms with E-state index >= 15 is 0 Å². The average molecular weight is 277 g/mol. The van der Waals surface area contributed by atoms with Gasteiger partial charge in [-0.25, -0.2) is 0 Å². The van der Waals surface area contributed by atoms with Crippen LogP contribution >= 0.6 is 0 Å². The summed E-state index contributed by atoms with van der Waals surface area (Å²) in [6.07, 6.45) is 2.07. The van der Waals surface area contributed by atoms with Crippen molar-refractivity contribution in [2.24, 2.45) is 5.41 Å². The molecule has 0 aliphatic heterocycles. The number of amides is 1. The standard InChI is InChI=1S/C15H19NO4/c1-15(14(18)19)9-5-8-12(15)16-13(17)10-6-3-4-7-11(10)20-2/h3-4,6-7,12H,5,8-9H2,1-2H3,(H,16,17)(H,18,19). The summed E-state index contributed by atoms with van der Waals surface area (Å²) >= 11 is 0. The number of carbonyl (C=O) groups excluding carboxylic acids is 1. The molecule has 0 aromatic heterocycles. The second-order valence-corrected chi connectivity index (χ2v) is 5.34. The van der Waals surface area contributed by atoms with Crippen LogP contribution in [0.25, 0.3) is 0 Å². The highest BCUT2D eigenvalue weighted by Crippen LogP contribution is 2.38. The normalized spacial score (nSPS) is 25.2. The molecule has 0 spiro atoms. The van der Waals surface area contributed by atoms with Crippen molar-refractivity contribution >= 4 is 11.9 Å². The van der Waals surface area contributed by atoms with Crippen molar-refractivity contribution in [3.8, 4) is 5.75 Å². The summed E-state index contributed by atoms with van der Waals surface area (Å²) in [5.74, 6) is -0.665. The number of carboxylic acid groups (broad SMARTS) is 1. The van der Waals surface area contributed by atoms with E-state index in [1.165, 1.54) is 7.11 Å². The first kappa shape index (κ1) is 14.4. The quantitative estimate of drug-likeness (QED) is 0.883. The summed E-state index contributed by atoms with van der Waals surface area (Å²) in [6, 6.07) is 6.56. The van der Waals surface area contributed by atoms with E-state index in [1.807, 2.05) is 0 Å². The number of carboxylic acids is 1. The number of aliphatic carboxylic acids is 1. The van der Waals surface area contributed by atoms with Crippen LogP contribution in [0.4, 0.5) is 0 Å². The van der Waals surface area contributed by atoms with Crippen molar-refractivity contribution in [2.45, 2.75) is 32.2 Å². The van der Waals surface area contributed by atoms with Gasteiger partial charge in [-0.15, -0.1) is 0 Å². The van der Waals surface area contributed by atoms with Crippen molar-refractivity contribution in [2.75, 3.05) is 7.11 Å². The lowest BCUT2D eigenvalue weighted by molar-refractivity contribution is -0.148. The lowest BCUT2D eigenvalue weighted by Gasteiger charge is -2.27. The third kappa shape index (κ3) is 2.48. The minimum Gasteiger partial charge on any atom is -0.496 e. The molecule has 2 unspecified atom stereocenters. The van der Waals surface area contributed by atoms with Gasteiger partial charge >= 0.3 is 5.97 Å². The Labute approximate surface area is 117 Å². The predicted octanol–water partition coefficient (Wildman–Crippen LogP) is 2.07. The number of para-hydroxylation sites is 1. The molecule has 1 aliphatic rings. The van der Waals surface area contributed by atoms with Gasteiger partial charge in [0.2, 0.25) is 0 Å². The minimum absolute atomic E-state index is 0.290. The Kier molecular flexibility index (Phi) is 3.97. The second kappa shape index (κ2) is 5.53. The van der Waals surface area contributed by atoms with E-state index in [-0.39, 0.29) is 11.9 Å². The van der Waals surface area contributed by atoms with Gasteiger partial charge in [0, 0.05) is 6.04 Å². The van der Waals surface area contributed by atoms with Crippen LogP contribution in [0.2, 0.25) is 0 Å². The molecule has 108 valence electrons. The van der Waals surface area contributed by atoms with Crippen molar-refractivity contribution in [1.29, 1.82) is 0 Å². The first-order valence-electron chi connectivity index (χ1n) is 6.66. The average Bonchev–Trinajstić information content (AvgIpc) is 2.81. The highest BCUT2D eigenvalue weighted by molar-refractivity contribution is 5.97. The van der Waals surface area contributed by atoms with E-state index in [9.17, 15) is 14.7 Å². The monoisotopic (exact) mass is 277 g/mol. The molecule has 5 nitrogen and oxygen atoms in total. The van der Waals surface area contributed by atoms with E-state index in [2.05, 4.69) is 5.32 Å². The number of methoxy groups -OCH3 is 1. The van der Waals surface area contributed by atoms with Gasteiger partial charge in [-0.05, 0) is 31.9 Å². The van der Waals surface area contributed by atoms with Gasteiger partial charge in [-0.2, -0.15) is 0 Å². The van der Waals surface area contributed by atoms with Crippen molar-refractivity contribution in [1.82, 2.24) is 5.32 Å². The molecule has 0 heterocycles. The zero-order chi connectivity index (χ0) is 14.8. The summed E-state index contributed by atoms with van der Waals surface area (Å²) in [6.45, 7) is 1.69. The lowest BCUT2D eigenvalue weighted by Crippen LogP contribution is -2.47. The maximum Gasteiger partial charge on any atom is 0.311 e. The van der Waals surface area contributed by atoms with Gasteiger partial charge in [0.15, 0.2) is 0 Å². The number of ether oxygens (including phenoxy) is 1. The summed E-state index contributed by atoms with van der Waals surface area (Å²) < 4.78 is 5.15. The topological polar surface area (TPSA) is 75.6 Å². The first-order chi connectivity index (χ1) is 9.49. The summed E-state index contributed by atoms with van der Waals surface area (Å²) in [4.78, 5) is 23.7. The molecule has 1 aromatic carbocycles. The van der Waals surface area contributed by atoms with Crippen LogP contribution in [0.15, 0.2) is 24.3 Å². The van der Waals surface area contributed by atoms with Gasteiger partial charge in [0.1, 0.15) is 5.75 Å². The molecule has 2 N–H and O–H groups in total. The molecule has 5 heteroatoms. The highest BCUT2D eigenvalue weighted by atomic mass is 16.5. The molecule has 0 saturated heterocycles. The Morgan fingerprint density at radius 1 is 1.40 bits per heavy atom. The molecule has 1 fully saturated rings. The van der Waals surface area contributed by atoms with Gasteiger partial charge in [-0.3, -0.25) is 9.59 Å². The first-order valence-corrected chi connectivity index (χ1v) is 6.66. The molecular formula is C15H19NO4. The Balaban J connectivity index is 2.18. The van der Waals surface area contributed by atoms with Crippen LogP contribution in [0.5, 0.6) is 5.75 Å². The Hall–Kier alpha value is -2.04. The van der Waals surface area contributed by atoms with E-state index in [1.54, 1.807) is 31.2 Å². The summed E-state index contributed by atoms with van der Waals surface area (Å²) in [7, 11) is 1.50. The molecule has 1 saturated carbocycles. The van der Waals surface area contributed by atoms with Crippen LogP contribution in [0.3, 0.4) is 0 Å². The van der Waals surface area contributed by atoms with Crippen LogP contribution < -0.4 is 10.1 Å². The maximum absolute atomic E-state index is 12.3. The van der Waals surface area contributed by atoms with Crippen LogP contribution in [-0.2, 0) is 4.79 Å². The molecule has 0 bridgehead atoms. The fourth-order valence-electron chi connectivity index (χ4n) is 2.72. The predicted molar refractivity (Wildman–Crippen MR) is 73.8 cm³/mol. The fraction of sp³-hybridized carbons (Fsp3) is 0.467. The van der Waals surface area contributed by atoms with Crippen LogP contribution in [0, 0.1) is 5.41 Å². The zero-order valence-electron chi connectivity index (χ0n) is 11.7. The molecule has 1 amide bonds. The molecular weight excluding hydrogens is 258 g/mol. The van der Waals surface area contributed by atoms with Gasteiger partial charge in [0.05, 0.1) is 18.1 Å². The molecule has 1 aromatic rings. The smallest absolute Gasteiger partial charge is 0.311 e. The largest absolute Gasteiger partial charge is 0.496 e. The van der Waals surface area contributed by atoms with Crippen LogP contribution in [-0.4, -0.2) is 30.1 Å². The third-order valence-corrected chi connectivity index (χ3v) is 4.10. The number of carbonyl (C=O) groups is 2. The maximum atomic E-state index is 12.3.